The van der Waals surface area contributed by atoms with Crippen LogP contribution in [-0.2, 0) is 9.53 Å². The van der Waals surface area contributed by atoms with Gasteiger partial charge in [0, 0.05) is 12.1 Å². The summed E-state index contributed by atoms with van der Waals surface area (Å²) in [7, 11) is 0. The van der Waals surface area contributed by atoms with E-state index in [2.05, 4.69) is 0 Å². The van der Waals surface area contributed by atoms with Crippen LogP contribution in [0.25, 0.3) is 0 Å². The van der Waals surface area contributed by atoms with Gasteiger partial charge in [-0.2, -0.15) is 0 Å². The lowest BCUT2D eigenvalue weighted by Crippen LogP contribution is -2.25. The summed E-state index contributed by atoms with van der Waals surface area (Å²) in [6, 6.07) is 7.50. The number of rotatable bonds is 5. The van der Waals surface area contributed by atoms with Crippen molar-refractivity contribution < 1.29 is 14.3 Å². The molecule has 0 saturated heterocycles. The van der Waals surface area contributed by atoms with Gasteiger partial charge in [0.25, 0.3) is 0 Å². The van der Waals surface area contributed by atoms with E-state index in [9.17, 15) is 4.79 Å². The summed E-state index contributed by atoms with van der Waals surface area (Å²) in [5, 5.41) is 0. The molecule has 0 radical (unpaired) electrons. The van der Waals surface area contributed by atoms with E-state index in [0.29, 0.717) is 18.9 Å². The van der Waals surface area contributed by atoms with Gasteiger partial charge in [-0.15, -0.1) is 0 Å². The Kier molecular flexibility index (Phi) is 5.27. The number of hydrogen-bond acceptors (Lipinski definition) is 4. The minimum atomic E-state index is -0.0737. The van der Waals surface area contributed by atoms with Crippen LogP contribution in [0.3, 0.4) is 0 Å². The van der Waals surface area contributed by atoms with Crippen molar-refractivity contribution in [3.8, 4) is 5.75 Å². The number of hydrogen-bond donors (Lipinski definition) is 1. The molecule has 20 heavy (non-hydrogen) atoms. The molecule has 4 nitrogen and oxygen atoms in total. The van der Waals surface area contributed by atoms with Crippen LogP contribution in [-0.4, -0.2) is 18.7 Å². The standard InChI is InChI=1S/C16H23NO3/c1-2-19-16(18)11-12-3-7-14(8-4-12)20-15-9-5-13(17)6-10-15/h5-6,9-10,12,14H,2-4,7-8,11,17H2,1H3. The molecule has 2 N–H and O–H groups in total. The predicted molar refractivity (Wildman–Crippen MR) is 78.5 cm³/mol. The average molecular weight is 277 g/mol. The van der Waals surface area contributed by atoms with Gasteiger partial charge >= 0.3 is 5.97 Å². The lowest BCUT2D eigenvalue weighted by atomic mass is 9.85. The summed E-state index contributed by atoms with van der Waals surface area (Å²) < 4.78 is 10.9. The largest absolute Gasteiger partial charge is 0.490 e. The van der Waals surface area contributed by atoms with E-state index in [-0.39, 0.29) is 12.1 Å². The van der Waals surface area contributed by atoms with Gasteiger partial charge in [0.05, 0.1) is 12.7 Å². The van der Waals surface area contributed by atoms with Gasteiger partial charge in [0.2, 0.25) is 0 Å². The van der Waals surface area contributed by atoms with E-state index in [1.165, 1.54) is 0 Å². The summed E-state index contributed by atoms with van der Waals surface area (Å²) >= 11 is 0. The minimum absolute atomic E-state index is 0.0737. The topological polar surface area (TPSA) is 61.5 Å². The third-order valence-corrected chi connectivity index (χ3v) is 3.74. The Hall–Kier alpha value is -1.71. The first-order valence-corrected chi connectivity index (χ1v) is 7.35. The Morgan fingerprint density at radius 1 is 1.20 bits per heavy atom. The Morgan fingerprint density at radius 2 is 1.85 bits per heavy atom. The zero-order chi connectivity index (χ0) is 14.4. The predicted octanol–water partition coefficient (Wildman–Crippen LogP) is 3.16. The fourth-order valence-electron chi connectivity index (χ4n) is 2.65. The molecule has 0 amide bonds. The molecular formula is C16H23NO3. The Labute approximate surface area is 120 Å². The normalized spacial score (nSPS) is 22.2. The smallest absolute Gasteiger partial charge is 0.306 e. The van der Waals surface area contributed by atoms with Crippen LogP contribution < -0.4 is 10.5 Å². The monoisotopic (exact) mass is 277 g/mol. The molecule has 110 valence electrons. The van der Waals surface area contributed by atoms with Crippen molar-refractivity contribution in [2.24, 2.45) is 5.92 Å². The van der Waals surface area contributed by atoms with E-state index in [4.69, 9.17) is 15.2 Å². The van der Waals surface area contributed by atoms with E-state index in [1.54, 1.807) is 0 Å². The van der Waals surface area contributed by atoms with Gasteiger partial charge in [-0.25, -0.2) is 0 Å². The molecule has 1 aromatic rings. The maximum Gasteiger partial charge on any atom is 0.306 e. The van der Waals surface area contributed by atoms with Crippen LogP contribution in [0.4, 0.5) is 5.69 Å². The number of nitrogen functional groups attached to an aromatic ring is 1. The summed E-state index contributed by atoms with van der Waals surface area (Å²) in [6.45, 7) is 2.31. The molecule has 1 fully saturated rings. The van der Waals surface area contributed by atoms with Gasteiger partial charge in [-0.1, -0.05) is 0 Å². The lowest BCUT2D eigenvalue weighted by molar-refractivity contribution is -0.144. The molecular weight excluding hydrogens is 254 g/mol. The summed E-state index contributed by atoms with van der Waals surface area (Å²) in [6.07, 6.45) is 4.83. The van der Waals surface area contributed by atoms with Crippen molar-refractivity contribution in [3.05, 3.63) is 24.3 Å². The second-order valence-corrected chi connectivity index (χ2v) is 5.34. The maximum absolute atomic E-state index is 11.5. The molecule has 0 aromatic heterocycles. The fourth-order valence-corrected chi connectivity index (χ4v) is 2.65. The fraction of sp³-hybridized carbons (Fsp3) is 0.562. The maximum atomic E-state index is 11.5. The Bertz CT molecular complexity index is 422. The second-order valence-electron chi connectivity index (χ2n) is 5.34. The van der Waals surface area contributed by atoms with Crippen LogP contribution in [0, 0.1) is 5.92 Å². The number of carbonyl (C=O) groups excluding carboxylic acids is 1. The van der Waals surface area contributed by atoms with Gasteiger partial charge in [0.15, 0.2) is 0 Å². The molecule has 0 bridgehead atoms. The number of benzene rings is 1. The van der Waals surface area contributed by atoms with E-state index >= 15 is 0 Å². The van der Waals surface area contributed by atoms with Crippen molar-refractivity contribution in [2.45, 2.75) is 45.1 Å². The van der Waals surface area contributed by atoms with Gasteiger partial charge in [-0.05, 0) is 62.8 Å². The number of anilines is 1. The van der Waals surface area contributed by atoms with Crippen molar-refractivity contribution in [1.82, 2.24) is 0 Å². The van der Waals surface area contributed by atoms with E-state index in [0.717, 1.165) is 37.1 Å². The highest BCUT2D eigenvalue weighted by molar-refractivity contribution is 5.69. The molecule has 1 aromatic carbocycles. The zero-order valence-corrected chi connectivity index (χ0v) is 12.0. The highest BCUT2D eigenvalue weighted by atomic mass is 16.5. The number of carbonyl (C=O) groups is 1. The lowest BCUT2D eigenvalue weighted by Gasteiger charge is -2.28. The number of ether oxygens (including phenoxy) is 2. The summed E-state index contributed by atoms with van der Waals surface area (Å²) in [4.78, 5) is 11.5. The van der Waals surface area contributed by atoms with Crippen molar-refractivity contribution in [2.75, 3.05) is 12.3 Å². The first kappa shape index (κ1) is 14.7. The van der Waals surface area contributed by atoms with Gasteiger partial charge < -0.3 is 15.2 Å². The van der Waals surface area contributed by atoms with Gasteiger partial charge in [0.1, 0.15) is 5.75 Å². The van der Waals surface area contributed by atoms with Crippen molar-refractivity contribution >= 4 is 11.7 Å². The molecule has 0 spiro atoms. The van der Waals surface area contributed by atoms with Crippen LogP contribution in [0.5, 0.6) is 5.75 Å². The molecule has 1 aliphatic rings. The molecule has 0 aliphatic heterocycles. The summed E-state index contributed by atoms with van der Waals surface area (Å²) in [5.41, 5.74) is 6.40. The Morgan fingerprint density at radius 3 is 2.45 bits per heavy atom. The van der Waals surface area contributed by atoms with Gasteiger partial charge in [-0.3, -0.25) is 4.79 Å². The number of nitrogens with two attached hydrogens (primary N) is 1. The zero-order valence-electron chi connectivity index (χ0n) is 12.0. The van der Waals surface area contributed by atoms with Crippen LogP contribution in [0.2, 0.25) is 0 Å². The Balaban J connectivity index is 1.74. The van der Waals surface area contributed by atoms with Crippen molar-refractivity contribution in [1.29, 1.82) is 0 Å². The molecule has 4 heteroatoms. The molecule has 0 heterocycles. The third kappa shape index (κ3) is 4.44. The number of esters is 1. The van der Waals surface area contributed by atoms with E-state index < -0.39 is 0 Å². The summed E-state index contributed by atoms with van der Waals surface area (Å²) in [5.74, 6) is 1.24. The SMILES string of the molecule is CCOC(=O)CC1CCC(Oc2ccc(N)cc2)CC1. The van der Waals surface area contributed by atoms with E-state index in [1.807, 2.05) is 31.2 Å². The minimum Gasteiger partial charge on any atom is -0.490 e. The highest BCUT2D eigenvalue weighted by Crippen LogP contribution is 2.30. The van der Waals surface area contributed by atoms with Crippen LogP contribution in [0.1, 0.15) is 39.0 Å². The molecule has 0 unspecified atom stereocenters. The molecule has 0 atom stereocenters. The first-order chi connectivity index (χ1) is 9.67. The van der Waals surface area contributed by atoms with Crippen molar-refractivity contribution in [3.63, 3.8) is 0 Å². The van der Waals surface area contributed by atoms with Crippen LogP contribution in [0.15, 0.2) is 24.3 Å². The average Bonchev–Trinajstić information content (AvgIpc) is 2.44. The molecule has 1 aliphatic carbocycles. The first-order valence-electron chi connectivity index (χ1n) is 7.35. The second kappa shape index (κ2) is 7.17. The molecule has 1 saturated carbocycles. The molecule has 2 rings (SSSR count). The van der Waals surface area contributed by atoms with Crippen LogP contribution >= 0.6 is 0 Å². The highest BCUT2D eigenvalue weighted by Gasteiger charge is 2.24. The third-order valence-electron chi connectivity index (χ3n) is 3.74. The quantitative estimate of drug-likeness (QED) is 0.663.